The lowest BCUT2D eigenvalue weighted by molar-refractivity contribution is 0.0977. The molecule has 0 atom stereocenters. The number of hydrogen-bond acceptors (Lipinski definition) is 7. The molecule has 4 heterocycles. The van der Waals surface area contributed by atoms with Crippen LogP contribution in [0, 0.1) is 0 Å². The Morgan fingerprint density at radius 3 is 2.90 bits per heavy atom. The predicted octanol–water partition coefficient (Wildman–Crippen LogP) is 3.91. The van der Waals surface area contributed by atoms with E-state index in [2.05, 4.69) is 25.7 Å². The summed E-state index contributed by atoms with van der Waals surface area (Å²) >= 11 is 7.58. The number of halogens is 1. The zero-order chi connectivity index (χ0) is 21.4. The molecule has 0 unspecified atom stereocenters. The van der Waals surface area contributed by atoms with Gasteiger partial charge in [-0.3, -0.25) is 15.1 Å². The van der Waals surface area contributed by atoms with Crippen molar-refractivity contribution in [1.29, 1.82) is 0 Å². The van der Waals surface area contributed by atoms with Gasteiger partial charge in [0.15, 0.2) is 0 Å². The maximum atomic E-state index is 12.6. The zero-order valence-electron chi connectivity index (χ0n) is 16.5. The minimum Gasteiger partial charge on any atom is -0.344 e. The first-order valence-corrected chi connectivity index (χ1v) is 10.9. The van der Waals surface area contributed by atoms with E-state index in [1.54, 1.807) is 17.1 Å². The van der Waals surface area contributed by atoms with E-state index >= 15 is 0 Å². The fourth-order valence-electron chi connectivity index (χ4n) is 3.29. The van der Waals surface area contributed by atoms with E-state index in [9.17, 15) is 4.79 Å². The number of amides is 1. The quantitative estimate of drug-likeness (QED) is 0.491. The van der Waals surface area contributed by atoms with Crippen molar-refractivity contribution in [3.8, 4) is 5.69 Å². The third kappa shape index (κ3) is 3.85. The van der Waals surface area contributed by atoms with Crippen LogP contribution in [0.25, 0.3) is 16.6 Å². The Labute approximate surface area is 187 Å². The van der Waals surface area contributed by atoms with Gasteiger partial charge in [0, 0.05) is 24.4 Å². The van der Waals surface area contributed by atoms with Crippen LogP contribution in [0.5, 0.6) is 0 Å². The van der Waals surface area contributed by atoms with Crippen LogP contribution in [0.4, 0.5) is 11.5 Å². The summed E-state index contributed by atoms with van der Waals surface area (Å²) in [6, 6.07) is 11.2. The van der Waals surface area contributed by atoms with E-state index < -0.39 is 0 Å². The van der Waals surface area contributed by atoms with E-state index in [1.807, 2.05) is 53.7 Å². The summed E-state index contributed by atoms with van der Waals surface area (Å²) in [5.74, 6) is 1.10. The van der Waals surface area contributed by atoms with E-state index in [-0.39, 0.29) is 5.91 Å². The smallest absolute Gasteiger partial charge is 0.268 e. The number of nitrogens with zero attached hydrogens (tertiary/aromatic N) is 5. The second-order valence-electron chi connectivity index (χ2n) is 7.04. The number of carbonyl (C=O) groups is 1. The molecule has 1 aromatic carbocycles. The maximum Gasteiger partial charge on any atom is 0.268 e. The summed E-state index contributed by atoms with van der Waals surface area (Å²) in [4.78, 5) is 23.9. The minimum absolute atomic E-state index is 0.176. The molecule has 0 aliphatic carbocycles. The van der Waals surface area contributed by atoms with Gasteiger partial charge in [-0.15, -0.1) is 11.3 Å². The van der Waals surface area contributed by atoms with Crippen LogP contribution in [0.2, 0.25) is 5.02 Å². The molecule has 5 rings (SSSR count). The monoisotopic (exact) mass is 451 g/mol. The number of likely N-dealkylation sites (N-methyl/N-ethyl adjacent to an activating group) is 1. The lowest BCUT2D eigenvalue weighted by atomic mass is 10.3. The SMILES string of the molecule is CN1CCN=C1NC(=O)c1cc(-n2ncc3cc(Nc4ccccc4Cl)ncc32)cs1. The van der Waals surface area contributed by atoms with Gasteiger partial charge in [-0.05, 0) is 24.3 Å². The molecule has 4 aromatic rings. The number of anilines is 2. The topological polar surface area (TPSA) is 87.4 Å². The predicted molar refractivity (Wildman–Crippen MR) is 124 cm³/mol. The van der Waals surface area contributed by atoms with Crippen molar-refractivity contribution in [2.45, 2.75) is 0 Å². The number of aromatic nitrogens is 3. The van der Waals surface area contributed by atoms with Gasteiger partial charge in [-0.1, -0.05) is 23.7 Å². The van der Waals surface area contributed by atoms with Crippen LogP contribution in [0.15, 0.2) is 59.2 Å². The molecule has 10 heteroatoms. The van der Waals surface area contributed by atoms with Gasteiger partial charge in [0.05, 0.1) is 45.7 Å². The van der Waals surface area contributed by atoms with Gasteiger partial charge in [0.25, 0.3) is 5.91 Å². The van der Waals surface area contributed by atoms with Gasteiger partial charge < -0.3 is 10.2 Å². The third-order valence-electron chi connectivity index (χ3n) is 4.93. The number of pyridine rings is 1. The molecule has 1 aliphatic heterocycles. The first-order chi connectivity index (χ1) is 15.1. The van der Waals surface area contributed by atoms with Crippen LogP contribution in [-0.4, -0.2) is 51.7 Å². The van der Waals surface area contributed by atoms with Crippen molar-refractivity contribution < 1.29 is 4.79 Å². The van der Waals surface area contributed by atoms with E-state index in [0.29, 0.717) is 28.2 Å². The van der Waals surface area contributed by atoms with Crippen molar-refractivity contribution in [2.75, 3.05) is 25.5 Å². The van der Waals surface area contributed by atoms with Crippen molar-refractivity contribution in [2.24, 2.45) is 4.99 Å². The standard InChI is InChI=1S/C21H18ClN7OS/c1-28-7-6-23-21(28)27-20(30)18-9-14(12-31-18)29-17-11-24-19(8-13(17)10-25-29)26-16-5-3-2-4-15(16)22/h2-5,8-12H,6-7H2,1H3,(H,24,26)(H,23,27,30). The molecule has 3 aromatic heterocycles. The summed E-state index contributed by atoms with van der Waals surface area (Å²) < 4.78 is 1.77. The van der Waals surface area contributed by atoms with Crippen LogP contribution < -0.4 is 10.6 Å². The molecule has 8 nitrogen and oxygen atoms in total. The maximum absolute atomic E-state index is 12.6. The second-order valence-corrected chi connectivity index (χ2v) is 8.36. The van der Waals surface area contributed by atoms with Crippen molar-refractivity contribution >= 4 is 57.2 Å². The highest BCUT2D eigenvalue weighted by molar-refractivity contribution is 7.12. The van der Waals surface area contributed by atoms with Gasteiger partial charge in [0.1, 0.15) is 5.82 Å². The highest BCUT2D eigenvalue weighted by Crippen LogP contribution is 2.27. The summed E-state index contributed by atoms with van der Waals surface area (Å²) in [7, 11) is 1.91. The molecule has 0 saturated carbocycles. The molecule has 2 N–H and O–H groups in total. The van der Waals surface area contributed by atoms with Crippen LogP contribution in [0.1, 0.15) is 9.67 Å². The zero-order valence-corrected chi connectivity index (χ0v) is 18.1. The Bertz CT molecular complexity index is 1310. The average Bonchev–Trinajstić information content (AvgIpc) is 3.49. The number of guanidine groups is 1. The minimum atomic E-state index is -0.176. The number of rotatable bonds is 4. The average molecular weight is 452 g/mol. The molecule has 0 spiro atoms. The Morgan fingerprint density at radius 2 is 2.10 bits per heavy atom. The Hall–Kier alpha value is -3.43. The van der Waals surface area contributed by atoms with Crippen LogP contribution >= 0.6 is 22.9 Å². The van der Waals surface area contributed by atoms with Crippen molar-refractivity contribution in [3.63, 3.8) is 0 Å². The first kappa shape index (κ1) is 19.5. The lowest BCUT2D eigenvalue weighted by Gasteiger charge is -2.13. The van der Waals surface area contributed by atoms with Crippen LogP contribution in [-0.2, 0) is 0 Å². The summed E-state index contributed by atoms with van der Waals surface area (Å²) in [6.07, 6.45) is 3.52. The van der Waals surface area contributed by atoms with Gasteiger partial charge in [0.2, 0.25) is 5.96 Å². The number of benzene rings is 1. The Kier molecular flexibility index (Phi) is 5.05. The summed E-state index contributed by atoms with van der Waals surface area (Å²) in [5, 5.41) is 14.0. The third-order valence-corrected chi connectivity index (χ3v) is 6.17. The molecule has 0 bridgehead atoms. The summed E-state index contributed by atoms with van der Waals surface area (Å²) in [5.41, 5.74) is 2.43. The Morgan fingerprint density at radius 1 is 1.23 bits per heavy atom. The fraction of sp³-hybridized carbons (Fsp3) is 0.143. The number of carbonyl (C=O) groups excluding carboxylic acids is 1. The molecule has 1 amide bonds. The van der Waals surface area contributed by atoms with Crippen LogP contribution in [0.3, 0.4) is 0 Å². The van der Waals surface area contributed by atoms with E-state index in [0.717, 1.165) is 28.8 Å². The van der Waals surface area contributed by atoms with E-state index in [4.69, 9.17) is 11.6 Å². The van der Waals surface area contributed by atoms with E-state index in [1.165, 1.54) is 11.3 Å². The lowest BCUT2D eigenvalue weighted by Crippen LogP contribution is -2.39. The normalized spacial score (nSPS) is 13.5. The number of nitrogens with one attached hydrogen (secondary N) is 2. The summed E-state index contributed by atoms with van der Waals surface area (Å²) in [6.45, 7) is 1.51. The van der Waals surface area contributed by atoms with Crippen molar-refractivity contribution in [3.05, 3.63) is 64.1 Å². The molecule has 31 heavy (non-hydrogen) atoms. The number of fused-ring (bicyclic) bond motifs is 1. The molecule has 0 fully saturated rings. The molecule has 0 saturated heterocycles. The number of thiophene rings is 1. The van der Waals surface area contributed by atoms with Gasteiger partial charge >= 0.3 is 0 Å². The molecular weight excluding hydrogens is 434 g/mol. The second kappa shape index (κ2) is 8.01. The molecule has 1 aliphatic rings. The molecule has 156 valence electrons. The number of para-hydroxylation sites is 1. The van der Waals surface area contributed by atoms with Gasteiger partial charge in [-0.2, -0.15) is 5.10 Å². The van der Waals surface area contributed by atoms with Crippen molar-refractivity contribution in [1.82, 2.24) is 25.0 Å². The highest BCUT2D eigenvalue weighted by atomic mass is 35.5. The number of hydrogen-bond donors (Lipinski definition) is 2. The number of aliphatic imine (C=N–C) groups is 1. The molecular formula is C21H18ClN7OS. The highest BCUT2D eigenvalue weighted by Gasteiger charge is 2.18. The largest absolute Gasteiger partial charge is 0.344 e. The Balaban J connectivity index is 1.37. The van der Waals surface area contributed by atoms with Gasteiger partial charge in [-0.25, -0.2) is 9.67 Å². The molecule has 0 radical (unpaired) electrons. The first-order valence-electron chi connectivity index (χ1n) is 9.60. The fourth-order valence-corrected chi connectivity index (χ4v) is 4.23.